The third kappa shape index (κ3) is 5.80. The number of hydrogen-bond acceptors (Lipinski definition) is 3. The molecule has 0 aliphatic heterocycles. The summed E-state index contributed by atoms with van der Waals surface area (Å²) in [6.45, 7) is 3.86. The summed E-state index contributed by atoms with van der Waals surface area (Å²) in [6.07, 6.45) is -0.648. The van der Waals surface area contributed by atoms with E-state index in [9.17, 15) is 5.11 Å². The fourth-order valence-electron chi connectivity index (χ4n) is 2.51. The Kier molecular flexibility index (Phi) is 7.29. The van der Waals surface area contributed by atoms with Crippen molar-refractivity contribution < 1.29 is 9.84 Å². The van der Waals surface area contributed by atoms with Crippen molar-refractivity contribution in [2.45, 2.75) is 19.6 Å². The summed E-state index contributed by atoms with van der Waals surface area (Å²) in [5.41, 5.74) is 2.04. The lowest BCUT2D eigenvalue weighted by atomic mass is 10.1. The van der Waals surface area contributed by atoms with Crippen molar-refractivity contribution in [3.8, 4) is 5.75 Å². The van der Waals surface area contributed by atoms with E-state index in [-0.39, 0.29) is 0 Å². The molecule has 0 saturated heterocycles. The van der Waals surface area contributed by atoms with Crippen LogP contribution in [0.3, 0.4) is 0 Å². The molecule has 25 heavy (non-hydrogen) atoms. The summed E-state index contributed by atoms with van der Waals surface area (Å²) in [5, 5.41) is 13.7. The average Bonchev–Trinajstić information content (AvgIpc) is 2.65. The van der Waals surface area contributed by atoms with Gasteiger partial charge in [0.25, 0.3) is 0 Å². The number of nitrogens with zero attached hydrogens (tertiary/aromatic N) is 2. The fourth-order valence-corrected chi connectivity index (χ4v) is 2.51. The second-order valence-corrected chi connectivity index (χ2v) is 5.83. The Morgan fingerprint density at radius 2 is 1.84 bits per heavy atom. The minimum absolute atomic E-state index is 0.299. The molecule has 2 aromatic carbocycles. The third-order valence-electron chi connectivity index (χ3n) is 3.87. The van der Waals surface area contributed by atoms with Gasteiger partial charge in [-0.1, -0.05) is 42.5 Å². The molecule has 0 aliphatic carbocycles. The van der Waals surface area contributed by atoms with Crippen LogP contribution in [0.1, 0.15) is 24.2 Å². The molecule has 5 heteroatoms. The highest BCUT2D eigenvalue weighted by Gasteiger charge is 2.10. The fraction of sp³-hybridized carbons (Fsp3) is 0.350. The van der Waals surface area contributed by atoms with Crippen LogP contribution in [0.25, 0.3) is 0 Å². The van der Waals surface area contributed by atoms with Crippen molar-refractivity contribution in [1.82, 2.24) is 10.2 Å². The van der Waals surface area contributed by atoms with E-state index in [2.05, 4.69) is 27.3 Å². The van der Waals surface area contributed by atoms with Gasteiger partial charge in [-0.05, 0) is 30.2 Å². The van der Waals surface area contributed by atoms with Gasteiger partial charge in [-0.25, -0.2) is 0 Å². The van der Waals surface area contributed by atoms with E-state index in [1.165, 1.54) is 5.56 Å². The number of aliphatic imine (C=N–C) groups is 1. The summed E-state index contributed by atoms with van der Waals surface area (Å²) < 4.78 is 5.14. The number of hydrogen-bond donors (Lipinski definition) is 2. The number of aliphatic hydroxyl groups excluding tert-OH is 1. The van der Waals surface area contributed by atoms with E-state index in [0.29, 0.717) is 6.54 Å². The normalized spacial score (nSPS) is 12.6. The second-order valence-electron chi connectivity index (χ2n) is 5.83. The highest BCUT2D eigenvalue weighted by atomic mass is 16.5. The molecule has 5 nitrogen and oxygen atoms in total. The molecule has 0 bridgehead atoms. The Labute approximate surface area is 150 Å². The minimum Gasteiger partial charge on any atom is -0.497 e. The van der Waals surface area contributed by atoms with Gasteiger partial charge in [0.15, 0.2) is 5.96 Å². The molecule has 0 radical (unpaired) electrons. The van der Waals surface area contributed by atoms with Crippen molar-refractivity contribution in [2.75, 3.05) is 27.2 Å². The van der Waals surface area contributed by atoms with E-state index in [1.807, 2.05) is 56.4 Å². The summed E-state index contributed by atoms with van der Waals surface area (Å²) >= 11 is 0. The number of ether oxygens (including phenoxy) is 1. The highest BCUT2D eigenvalue weighted by molar-refractivity contribution is 5.79. The number of rotatable bonds is 7. The zero-order valence-corrected chi connectivity index (χ0v) is 15.1. The molecular weight excluding hydrogens is 314 g/mol. The first-order valence-electron chi connectivity index (χ1n) is 8.49. The van der Waals surface area contributed by atoms with Crippen LogP contribution in [0.15, 0.2) is 59.6 Å². The molecule has 0 aromatic heterocycles. The van der Waals surface area contributed by atoms with Crippen molar-refractivity contribution in [3.63, 3.8) is 0 Å². The quantitative estimate of drug-likeness (QED) is 0.601. The van der Waals surface area contributed by atoms with Crippen LogP contribution in [-0.2, 0) is 6.54 Å². The smallest absolute Gasteiger partial charge is 0.194 e. The van der Waals surface area contributed by atoms with Gasteiger partial charge < -0.3 is 20.1 Å². The van der Waals surface area contributed by atoms with Crippen LogP contribution in [0.5, 0.6) is 5.75 Å². The molecule has 0 spiro atoms. The molecule has 2 N–H and O–H groups in total. The first kappa shape index (κ1) is 18.8. The maximum Gasteiger partial charge on any atom is 0.194 e. The summed E-state index contributed by atoms with van der Waals surface area (Å²) in [7, 11) is 3.62. The van der Waals surface area contributed by atoms with Crippen molar-refractivity contribution in [3.05, 3.63) is 65.7 Å². The van der Waals surface area contributed by atoms with E-state index in [1.54, 1.807) is 7.11 Å². The van der Waals surface area contributed by atoms with Gasteiger partial charge in [0.05, 0.1) is 19.8 Å². The van der Waals surface area contributed by atoms with Gasteiger partial charge in [0, 0.05) is 20.1 Å². The first-order valence-corrected chi connectivity index (χ1v) is 8.49. The Morgan fingerprint density at radius 3 is 2.44 bits per heavy atom. The zero-order chi connectivity index (χ0) is 18.1. The van der Waals surface area contributed by atoms with E-state index < -0.39 is 6.10 Å². The van der Waals surface area contributed by atoms with Crippen LogP contribution in [0.2, 0.25) is 0 Å². The number of aliphatic hydroxyl groups is 1. The number of methoxy groups -OCH3 is 1. The molecule has 0 saturated carbocycles. The maximum absolute atomic E-state index is 10.4. The van der Waals surface area contributed by atoms with Gasteiger partial charge in [-0.3, -0.25) is 4.99 Å². The van der Waals surface area contributed by atoms with Gasteiger partial charge in [-0.15, -0.1) is 0 Å². The van der Waals surface area contributed by atoms with Crippen LogP contribution >= 0.6 is 0 Å². The molecule has 0 aliphatic rings. The Morgan fingerprint density at radius 1 is 1.16 bits per heavy atom. The molecule has 1 unspecified atom stereocenters. The van der Waals surface area contributed by atoms with Gasteiger partial charge >= 0.3 is 0 Å². The highest BCUT2D eigenvalue weighted by Crippen LogP contribution is 2.17. The first-order chi connectivity index (χ1) is 12.1. The molecule has 134 valence electrons. The monoisotopic (exact) mass is 341 g/mol. The van der Waals surface area contributed by atoms with Crippen molar-refractivity contribution in [2.24, 2.45) is 4.99 Å². The summed E-state index contributed by atoms with van der Waals surface area (Å²) in [4.78, 5) is 6.63. The number of benzene rings is 2. The molecule has 0 amide bonds. The van der Waals surface area contributed by atoms with E-state index in [0.717, 1.165) is 30.4 Å². The molecule has 0 fully saturated rings. The molecule has 2 aromatic rings. The van der Waals surface area contributed by atoms with Crippen molar-refractivity contribution >= 4 is 5.96 Å². The predicted molar refractivity (Wildman–Crippen MR) is 102 cm³/mol. The topological polar surface area (TPSA) is 57.1 Å². The van der Waals surface area contributed by atoms with Crippen LogP contribution in [0.4, 0.5) is 0 Å². The van der Waals surface area contributed by atoms with Crippen molar-refractivity contribution in [1.29, 1.82) is 0 Å². The number of guanidine groups is 1. The average molecular weight is 341 g/mol. The predicted octanol–water partition coefficient (Wildman–Crippen LogP) is 2.83. The lowest BCUT2D eigenvalue weighted by molar-refractivity contribution is 0.186. The third-order valence-corrected chi connectivity index (χ3v) is 3.87. The Bertz CT molecular complexity index is 656. The van der Waals surface area contributed by atoms with Gasteiger partial charge in [0.2, 0.25) is 0 Å². The molecular formula is C20H27N3O2. The van der Waals surface area contributed by atoms with Crippen LogP contribution in [-0.4, -0.2) is 43.2 Å². The van der Waals surface area contributed by atoms with E-state index in [4.69, 9.17) is 4.74 Å². The van der Waals surface area contributed by atoms with Crippen LogP contribution in [0, 0.1) is 0 Å². The Balaban J connectivity index is 2.02. The second kappa shape index (κ2) is 9.69. The largest absolute Gasteiger partial charge is 0.497 e. The minimum atomic E-state index is -0.648. The van der Waals surface area contributed by atoms with Gasteiger partial charge in [-0.2, -0.15) is 0 Å². The summed E-state index contributed by atoms with van der Waals surface area (Å²) in [5.74, 6) is 1.55. The summed E-state index contributed by atoms with van der Waals surface area (Å²) in [6, 6.07) is 17.6. The molecule has 0 heterocycles. The van der Waals surface area contributed by atoms with Crippen LogP contribution < -0.4 is 10.1 Å². The zero-order valence-electron chi connectivity index (χ0n) is 15.1. The SMILES string of the molecule is CCNC(=NCC(O)c1ccc(OC)cc1)N(C)Cc1ccccc1. The maximum atomic E-state index is 10.4. The standard InChI is InChI=1S/C20H27N3O2/c1-4-21-20(23(2)15-16-8-6-5-7-9-16)22-14-19(24)17-10-12-18(25-3)13-11-17/h5-13,19,24H,4,14-15H2,1-3H3,(H,21,22). The molecule has 2 rings (SSSR count). The van der Waals surface area contributed by atoms with Gasteiger partial charge in [0.1, 0.15) is 5.75 Å². The van der Waals surface area contributed by atoms with E-state index >= 15 is 0 Å². The lowest BCUT2D eigenvalue weighted by Gasteiger charge is -2.22. The lowest BCUT2D eigenvalue weighted by Crippen LogP contribution is -2.38. The Hall–Kier alpha value is -2.53. The molecule has 1 atom stereocenters. The number of nitrogens with one attached hydrogen (secondary N) is 1.